The van der Waals surface area contributed by atoms with Crippen LogP contribution in [0.2, 0.25) is 0 Å². The predicted octanol–water partition coefficient (Wildman–Crippen LogP) is 2.39. The molecule has 2 aromatic heterocycles. The normalized spacial score (nSPS) is 15.0. The lowest BCUT2D eigenvalue weighted by Gasteiger charge is -2.16. The topological polar surface area (TPSA) is 108 Å². The third-order valence-corrected chi connectivity index (χ3v) is 6.07. The largest absolute Gasteiger partial charge is 0.493 e. The van der Waals surface area contributed by atoms with E-state index in [9.17, 15) is 13.6 Å². The number of aromatic nitrogens is 3. The van der Waals surface area contributed by atoms with Gasteiger partial charge in [-0.25, -0.2) is 13.8 Å². The molecule has 1 aromatic carbocycles. The van der Waals surface area contributed by atoms with Gasteiger partial charge < -0.3 is 25.4 Å². The number of hydrogen-bond donors (Lipinski definition) is 2. The Morgan fingerprint density at radius 2 is 2.00 bits per heavy atom. The van der Waals surface area contributed by atoms with Crippen molar-refractivity contribution in [3.05, 3.63) is 53.4 Å². The molecule has 0 radical (unpaired) electrons. The highest BCUT2D eigenvalue weighted by Gasteiger charge is 2.30. The van der Waals surface area contributed by atoms with Gasteiger partial charge in [0.1, 0.15) is 17.1 Å². The summed E-state index contributed by atoms with van der Waals surface area (Å²) in [6, 6.07) is 0.956. The zero-order chi connectivity index (χ0) is 26.0. The average molecular weight is 497 g/mol. The summed E-state index contributed by atoms with van der Waals surface area (Å²) in [6.45, 7) is 4.99. The van der Waals surface area contributed by atoms with E-state index in [2.05, 4.69) is 33.8 Å². The zero-order valence-corrected chi connectivity index (χ0v) is 20.2. The number of methoxy groups -OCH3 is 2. The molecule has 0 aliphatic carbocycles. The SMILES string of the molecule is C=CC(=O)N1CCC(n2nc(C#Cc3c(F)c(OC)cc(OC)c3F)c3c(N)ncc(CNC)c32)C1. The lowest BCUT2D eigenvalue weighted by molar-refractivity contribution is -0.125. The second-order valence-corrected chi connectivity index (χ2v) is 8.18. The van der Waals surface area contributed by atoms with Crippen molar-refractivity contribution in [3.8, 4) is 23.3 Å². The highest BCUT2D eigenvalue weighted by Crippen LogP contribution is 2.33. The number of nitrogens with zero attached hydrogens (tertiary/aromatic N) is 4. The second-order valence-electron chi connectivity index (χ2n) is 8.18. The third-order valence-electron chi connectivity index (χ3n) is 6.07. The van der Waals surface area contributed by atoms with Gasteiger partial charge in [0.15, 0.2) is 23.1 Å². The minimum absolute atomic E-state index is 0.158. The Hall–Kier alpha value is -4.17. The molecule has 1 aliphatic heterocycles. The number of anilines is 1. The summed E-state index contributed by atoms with van der Waals surface area (Å²) in [5.41, 5.74) is 7.44. The van der Waals surface area contributed by atoms with E-state index >= 15 is 0 Å². The molecule has 3 aromatic rings. The average Bonchev–Trinajstić information content (AvgIpc) is 3.51. The van der Waals surface area contributed by atoms with Gasteiger partial charge >= 0.3 is 0 Å². The number of carbonyl (C=O) groups excluding carboxylic acids is 1. The van der Waals surface area contributed by atoms with Gasteiger partial charge in [-0.3, -0.25) is 9.48 Å². The maximum absolute atomic E-state index is 14.9. The summed E-state index contributed by atoms with van der Waals surface area (Å²) in [7, 11) is 4.32. The molecule has 1 unspecified atom stereocenters. The van der Waals surface area contributed by atoms with Gasteiger partial charge in [0.2, 0.25) is 5.91 Å². The van der Waals surface area contributed by atoms with Crippen molar-refractivity contribution in [1.82, 2.24) is 25.0 Å². The molecule has 9 nitrogen and oxygen atoms in total. The number of amides is 1. The van der Waals surface area contributed by atoms with Gasteiger partial charge in [-0.2, -0.15) is 5.10 Å². The van der Waals surface area contributed by atoms with Crippen LogP contribution in [0.3, 0.4) is 0 Å². The lowest BCUT2D eigenvalue weighted by Crippen LogP contribution is -2.27. The molecular formula is C25H26F2N6O3. The van der Waals surface area contributed by atoms with E-state index in [1.54, 1.807) is 22.8 Å². The van der Waals surface area contributed by atoms with E-state index < -0.39 is 17.2 Å². The summed E-state index contributed by atoms with van der Waals surface area (Å²) in [5, 5.41) is 8.24. The van der Waals surface area contributed by atoms with Crippen LogP contribution in [0.5, 0.6) is 11.5 Å². The van der Waals surface area contributed by atoms with Gasteiger partial charge in [-0.15, -0.1) is 0 Å². The summed E-state index contributed by atoms with van der Waals surface area (Å²) in [6.07, 6.45) is 3.58. The quantitative estimate of drug-likeness (QED) is 0.399. The highest BCUT2D eigenvalue weighted by molar-refractivity contribution is 5.95. The molecule has 0 bridgehead atoms. The van der Waals surface area contributed by atoms with Gasteiger partial charge in [0.25, 0.3) is 0 Å². The smallest absolute Gasteiger partial charge is 0.246 e. The number of nitrogens with one attached hydrogen (secondary N) is 1. The minimum atomic E-state index is -0.955. The van der Waals surface area contributed by atoms with Crippen LogP contribution in [0.25, 0.3) is 10.9 Å². The van der Waals surface area contributed by atoms with Crippen LogP contribution in [0.1, 0.15) is 29.3 Å². The Labute approximate surface area is 206 Å². The molecule has 0 saturated carbocycles. The summed E-state index contributed by atoms with van der Waals surface area (Å²) in [5.74, 6) is 3.02. The number of ether oxygens (including phenoxy) is 2. The number of pyridine rings is 1. The van der Waals surface area contributed by atoms with E-state index in [4.69, 9.17) is 15.2 Å². The first-order valence-corrected chi connectivity index (χ1v) is 11.2. The van der Waals surface area contributed by atoms with Crippen LogP contribution in [0.15, 0.2) is 24.9 Å². The van der Waals surface area contributed by atoms with E-state index in [0.29, 0.717) is 37.0 Å². The number of hydrogen-bond acceptors (Lipinski definition) is 7. The van der Waals surface area contributed by atoms with E-state index in [1.165, 1.54) is 20.3 Å². The molecule has 36 heavy (non-hydrogen) atoms. The molecule has 3 N–H and O–H groups in total. The summed E-state index contributed by atoms with van der Waals surface area (Å²) < 4.78 is 41.5. The Kier molecular flexibility index (Phi) is 7.07. The van der Waals surface area contributed by atoms with Gasteiger partial charge in [0.05, 0.1) is 31.2 Å². The highest BCUT2D eigenvalue weighted by atomic mass is 19.1. The van der Waals surface area contributed by atoms with E-state index in [1.807, 2.05) is 0 Å². The number of benzene rings is 1. The van der Waals surface area contributed by atoms with Crippen LogP contribution in [-0.4, -0.2) is 59.9 Å². The molecule has 1 aliphatic rings. The first-order valence-electron chi connectivity index (χ1n) is 11.2. The fourth-order valence-electron chi connectivity index (χ4n) is 4.32. The number of nitrogens with two attached hydrogens (primary N) is 1. The van der Waals surface area contributed by atoms with E-state index in [0.717, 1.165) is 11.6 Å². The van der Waals surface area contributed by atoms with E-state index in [-0.39, 0.29) is 35.0 Å². The van der Waals surface area contributed by atoms with Gasteiger partial charge in [0, 0.05) is 37.5 Å². The molecule has 1 saturated heterocycles. The van der Waals surface area contributed by atoms with Crippen LogP contribution in [0.4, 0.5) is 14.6 Å². The van der Waals surface area contributed by atoms with Crippen molar-refractivity contribution in [2.45, 2.75) is 19.0 Å². The molecule has 188 valence electrons. The monoisotopic (exact) mass is 496 g/mol. The van der Waals surface area contributed by atoms with Crippen molar-refractivity contribution in [1.29, 1.82) is 0 Å². The lowest BCUT2D eigenvalue weighted by atomic mass is 10.1. The minimum Gasteiger partial charge on any atom is -0.493 e. The Morgan fingerprint density at radius 1 is 1.31 bits per heavy atom. The van der Waals surface area contributed by atoms with Crippen LogP contribution >= 0.6 is 0 Å². The Balaban J connectivity index is 1.90. The molecule has 1 fully saturated rings. The van der Waals surface area contributed by atoms with Crippen molar-refractivity contribution in [2.75, 3.05) is 40.1 Å². The van der Waals surface area contributed by atoms with Crippen LogP contribution < -0.4 is 20.5 Å². The first-order chi connectivity index (χ1) is 17.3. The summed E-state index contributed by atoms with van der Waals surface area (Å²) >= 11 is 0. The maximum Gasteiger partial charge on any atom is 0.246 e. The predicted molar refractivity (Wildman–Crippen MR) is 131 cm³/mol. The van der Waals surface area contributed by atoms with Crippen molar-refractivity contribution in [2.24, 2.45) is 0 Å². The number of halogens is 2. The Bertz CT molecular complexity index is 1380. The molecule has 0 spiro atoms. The zero-order valence-electron chi connectivity index (χ0n) is 20.2. The van der Waals surface area contributed by atoms with Crippen molar-refractivity contribution in [3.63, 3.8) is 0 Å². The number of nitrogen functional groups attached to an aromatic ring is 1. The fraction of sp³-hybridized carbons (Fsp3) is 0.320. The number of rotatable bonds is 6. The van der Waals surface area contributed by atoms with Gasteiger partial charge in [-0.05, 0) is 25.5 Å². The molecule has 11 heteroatoms. The number of carbonyl (C=O) groups is 1. The number of likely N-dealkylation sites (tertiary alicyclic amines) is 1. The standard InChI is InChI=1S/C25H26F2N6O3/c1-5-20(34)32-9-8-15(13-32)33-24-14(11-29-2)12-30-25(28)21(24)17(31-33)7-6-16-22(26)18(35-3)10-19(36-4)23(16)27/h5,10,12,15,29H,1,8-9,11,13H2,2-4H3,(H2,28,30). The summed E-state index contributed by atoms with van der Waals surface area (Å²) in [4.78, 5) is 18.1. The second kappa shape index (κ2) is 10.2. The Morgan fingerprint density at radius 3 is 2.61 bits per heavy atom. The fourth-order valence-corrected chi connectivity index (χ4v) is 4.32. The number of fused-ring (bicyclic) bond motifs is 1. The molecule has 1 atom stereocenters. The third kappa shape index (κ3) is 4.31. The molecular weight excluding hydrogens is 470 g/mol. The molecule has 4 rings (SSSR count). The maximum atomic E-state index is 14.9. The first kappa shape index (κ1) is 24.9. The molecule has 3 heterocycles. The van der Waals surface area contributed by atoms with Crippen LogP contribution in [0, 0.1) is 23.5 Å². The van der Waals surface area contributed by atoms with Gasteiger partial charge in [-0.1, -0.05) is 12.5 Å². The molecule has 1 amide bonds. The van der Waals surface area contributed by atoms with Crippen LogP contribution in [-0.2, 0) is 11.3 Å². The van der Waals surface area contributed by atoms with Crippen molar-refractivity contribution >= 4 is 22.6 Å². The van der Waals surface area contributed by atoms with Crippen molar-refractivity contribution < 1.29 is 23.0 Å².